The summed E-state index contributed by atoms with van der Waals surface area (Å²) in [4.78, 5) is 25.2. The molecule has 3 rings (SSSR count). The number of aliphatic carboxylic acids is 1. The van der Waals surface area contributed by atoms with E-state index in [2.05, 4.69) is 5.32 Å². The zero-order chi connectivity index (χ0) is 17.8. The maximum Gasteiger partial charge on any atom is 0.321 e. The molecule has 1 aromatic carbocycles. The van der Waals surface area contributed by atoms with Crippen molar-refractivity contribution in [3.63, 3.8) is 0 Å². The van der Waals surface area contributed by atoms with E-state index < -0.39 is 5.97 Å². The molecule has 7 heteroatoms. The average molecular weight is 367 g/mol. The number of hydrogen-bond donors (Lipinski definition) is 2. The Balaban J connectivity index is 1.64. The number of anilines is 1. The Kier molecular flexibility index (Phi) is 5.68. The highest BCUT2D eigenvalue weighted by Crippen LogP contribution is 2.32. The van der Waals surface area contributed by atoms with Gasteiger partial charge in [0.1, 0.15) is 5.75 Å². The van der Waals surface area contributed by atoms with Gasteiger partial charge in [-0.15, -0.1) is 0 Å². The normalized spacial score (nSPS) is 19.0. The largest absolute Gasteiger partial charge is 0.488 e. The van der Waals surface area contributed by atoms with Crippen molar-refractivity contribution in [1.29, 1.82) is 0 Å². The molecule has 2 fully saturated rings. The number of carboxylic acid groups (broad SMARTS) is 1. The van der Waals surface area contributed by atoms with E-state index in [1.54, 1.807) is 23.1 Å². The molecule has 6 nitrogen and oxygen atoms in total. The first-order valence-corrected chi connectivity index (χ1v) is 9.15. The van der Waals surface area contributed by atoms with Crippen molar-refractivity contribution in [2.24, 2.45) is 5.92 Å². The van der Waals surface area contributed by atoms with Crippen LogP contribution in [0.2, 0.25) is 5.02 Å². The molecular formula is C18H23ClN2O4. The second-order valence-corrected chi connectivity index (χ2v) is 7.13. The molecule has 0 aromatic heterocycles. The van der Waals surface area contributed by atoms with Gasteiger partial charge >= 0.3 is 12.0 Å². The maximum absolute atomic E-state index is 12.5. The fourth-order valence-corrected chi connectivity index (χ4v) is 3.58. The lowest BCUT2D eigenvalue weighted by molar-refractivity contribution is -0.143. The maximum atomic E-state index is 12.5. The van der Waals surface area contributed by atoms with Crippen molar-refractivity contribution in [2.45, 2.75) is 44.6 Å². The van der Waals surface area contributed by atoms with Crippen LogP contribution in [-0.2, 0) is 4.79 Å². The zero-order valence-corrected chi connectivity index (χ0v) is 14.8. The fraction of sp³-hybridized carbons (Fsp3) is 0.556. The van der Waals surface area contributed by atoms with Gasteiger partial charge in [-0.2, -0.15) is 0 Å². The second-order valence-electron chi connectivity index (χ2n) is 6.69. The third-order valence-electron chi connectivity index (χ3n) is 4.91. The molecule has 1 aliphatic carbocycles. The van der Waals surface area contributed by atoms with Gasteiger partial charge in [-0.05, 0) is 56.7 Å². The molecule has 136 valence electrons. The van der Waals surface area contributed by atoms with Crippen molar-refractivity contribution in [2.75, 3.05) is 18.4 Å². The van der Waals surface area contributed by atoms with E-state index in [-0.39, 0.29) is 18.1 Å². The van der Waals surface area contributed by atoms with Crippen LogP contribution >= 0.6 is 11.6 Å². The molecule has 1 saturated carbocycles. The van der Waals surface area contributed by atoms with E-state index >= 15 is 0 Å². The number of nitrogens with zero attached hydrogens (tertiary/aromatic N) is 1. The Hall–Kier alpha value is -1.95. The minimum atomic E-state index is -0.790. The Labute approximate surface area is 152 Å². The smallest absolute Gasteiger partial charge is 0.321 e. The van der Waals surface area contributed by atoms with Crippen LogP contribution in [-0.4, -0.2) is 41.2 Å². The van der Waals surface area contributed by atoms with Crippen LogP contribution in [0, 0.1) is 5.92 Å². The van der Waals surface area contributed by atoms with E-state index in [4.69, 9.17) is 21.4 Å². The van der Waals surface area contributed by atoms with Crippen LogP contribution in [0.3, 0.4) is 0 Å². The highest BCUT2D eigenvalue weighted by molar-refractivity contribution is 6.31. The molecule has 2 N–H and O–H groups in total. The van der Waals surface area contributed by atoms with Crippen LogP contribution in [0.5, 0.6) is 5.75 Å². The Morgan fingerprint density at radius 3 is 2.48 bits per heavy atom. The van der Waals surface area contributed by atoms with Crippen LogP contribution in [0.4, 0.5) is 10.5 Å². The van der Waals surface area contributed by atoms with Crippen LogP contribution in [0.25, 0.3) is 0 Å². The highest BCUT2D eigenvalue weighted by Gasteiger charge is 2.27. The van der Waals surface area contributed by atoms with E-state index in [1.807, 2.05) is 0 Å². The minimum absolute atomic E-state index is 0.183. The van der Waals surface area contributed by atoms with Crippen LogP contribution in [0.15, 0.2) is 18.2 Å². The third-order valence-corrected chi connectivity index (χ3v) is 5.15. The Morgan fingerprint density at radius 1 is 1.16 bits per heavy atom. The van der Waals surface area contributed by atoms with E-state index in [0.29, 0.717) is 42.4 Å². The predicted molar refractivity (Wildman–Crippen MR) is 95.3 cm³/mol. The lowest BCUT2D eigenvalue weighted by Gasteiger charge is -2.30. The number of benzene rings is 1. The van der Waals surface area contributed by atoms with Crippen molar-refractivity contribution >= 4 is 29.3 Å². The van der Waals surface area contributed by atoms with Crippen LogP contribution < -0.4 is 10.1 Å². The monoisotopic (exact) mass is 366 g/mol. The second kappa shape index (κ2) is 7.95. The lowest BCUT2D eigenvalue weighted by Crippen LogP contribution is -2.42. The molecule has 0 spiro atoms. The number of ether oxygens (including phenoxy) is 1. The van der Waals surface area contributed by atoms with Gasteiger partial charge in [0.05, 0.1) is 17.7 Å². The SMILES string of the molecule is O=C(O)C1CCN(C(=O)Nc2cc(Cl)ccc2OC2CCCC2)CC1. The molecule has 0 unspecified atom stereocenters. The summed E-state index contributed by atoms with van der Waals surface area (Å²) in [6.45, 7) is 0.865. The first-order chi connectivity index (χ1) is 12.0. The van der Waals surface area contributed by atoms with E-state index in [9.17, 15) is 9.59 Å². The standard InChI is InChI=1S/C18H23ClN2O4/c19-13-5-6-16(25-14-3-1-2-4-14)15(11-13)20-18(24)21-9-7-12(8-10-21)17(22)23/h5-6,11-12,14H,1-4,7-10H2,(H,20,24)(H,22,23). The summed E-state index contributed by atoms with van der Waals surface area (Å²) in [6, 6.07) is 4.97. The lowest BCUT2D eigenvalue weighted by atomic mass is 9.97. The van der Waals surface area contributed by atoms with E-state index in [1.165, 1.54) is 12.8 Å². The average Bonchev–Trinajstić information content (AvgIpc) is 3.10. The summed E-state index contributed by atoms with van der Waals surface area (Å²) in [7, 11) is 0. The Bertz CT molecular complexity index is 638. The van der Waals surface area contributed by atoms with Gasteiger partial charge in [0.15, 0.2) is 0 Å². The van der Waals surface area contributed by atoms with Gasteiger partial charge in [-0.25, -0.2) is 4.79 Å². The van der Waals surface area contributed by atoms with Gasteiger partial charge in [0, 0.05) is 18.1 Å². The quantitative estimate of drug-likeness (QED) is 0.844. The molecule has 1 aliphatic heterocycles. The number of hydrogen-bond acceptors (Lipinski definition) is 3. The van der Waals surface area contributed by atoms with Crippen molar-refractivity contribution in [3.8, 4) is 5.75 Å². The minimum Gasteiger partial charge on any atom is -0.488 e. The number of carboxylic acids is 1. The van der Waals surface area contributed by atoms with Crippen molar-refractivity contribution in [3.05, 3.63) is 23.2 Å². The molecule has 2 aliphatic rings. The molecule has 0 bridgehead atoms. The van der Waals surface area contributed by atoms with Gasteiger partial charge in [0.25, 0.3) is 0 Å². The number of amides is 2. The third kappa shape index (κ3) is 4.57. The fourth-order valence-electron chi connectivity index (χ4n) is 3.41. The molecule has 0 atom stereocenters. The molecular weight excluding hydrogens is 344 g/mol. The van der Waals surface area contributed by atoms with Crippen LogP contribution in [0.1, 0.15) is 38.5 Å². The Morgan fingerprint density at radius 2 is 1.84 bits per heavy atom. The first kappa shape index (κ1) is 17.9. The van der Waals surface area contributed by atoms with Gasteiger partial charge in [0.2, 0.25) is 0 Å². The van der Waals surface area contributed by atoms with Crippen molar-refractivity contribution < 1.29 is 19.4 Å². The number of halogens is 1. The summed E-state index contributed by atoms with van der Waals surface area (Å²) >= 11 is 6.07. The zero-order valence-electron chi connectivity index (χ0n) is 14.0. The number of urea groups is 1. The number of rotatable bonds is 4. The molecule has 1 aromatic rings. The number of piperidine rings is 1. The number of carbonyl (C=O) groups excluding carboxylic acids is 1. The number of nitrogens with one attached hydrogen (secondary N) is 1. The van der Waals surface area contributed by atoms with Gasteiger partial charge in [-0.3, -0.25) is 4.79 Å². The molecule has 1 heterocycles. The number of likely N-dealkylation sites (tertiary alicyclic amines) is 1. The highest BCUT2D eigenvalue weighted by atomic mass is 35.5. The van der Waals surface area contributed by atoms with Gasteiger partial charge in [-0.1, -0.05) is 11.6 Å². The molecule has 1 saturated heterocycles. The molecule has 25 heavy (non-hydrogen) atoms. The van der Waals surface area contributed by atoms with E-state index in [0.717, 1.165) is 12.8 Å². The predicted octanol–water partition coefficient (Wildman–Crippen LogP) is 3.99. The summed E-state index contributed by atoms with van der Waals surface area (Å²) < 4.78 is 6.03. The van der Waals surface area contributed by atoms with Crippen molar-refractivity contribution in [1.82, 2.24) is 4.90 Å². The van der Waals surface area contributed by atoms with Gasteiger partial charge < -0.3 is 20.1 Å². The molecule has 2 amide bonds. The number of carbonyl (C=O) groups is 2. The summed E-state index contributed by atoms with van der Waals surface area (Å²) in [5.41, 5.74) is 0.560. The summed E-state index contributed by atoms with van der Waals surface area (Å²) in [6.07, 6.45) is 5.52. The molecule has 0 radical (unpaired) electrons. The topological polar surface area (TPSA) is 78.9 Å². The summed E-state index contributed by atoms with van der Waals surface area (Å²) in [5.74, 6) is -0.524. The first-order valence-electron chi connectivity index (χ1n) is 8.78. The summed E-state index contributed by atoms with van der Waals surface area (Å²) in [5, 5.41) is 12.4.